The molecular formula is C16H15Cl2F. The Kier molecular flexibility index (Phi) is 5.24. The molecule has 0 saturated heterocycles. The van der Waals surface area contributed by atoms with Gasteiger partial charge in [0.25, 0.3) is 0 Å². The van der Waals surface area contributed by atoms with Crippen LogP contribution in [0.5, 0.6) is 0 Å². The lowest BCUT2D eigenvalue weighted by molar-refractivity contribution is 0.546. The number of alkyl halides is 1. The van der Waals surface area contributed by atoms with Crippen LogP contribution >= 0.6 is 23.2 Å². The van der Waals surface area contributed by atoms with Gasteiger partial charge in [-0.2, -0.15) is 0 Å². The van der Waals surface area contributed by atoms with E-state index in [0.29, 0.717) is 12.3 Å². The van der Waals surface area contributed by atoms with E-state index in [1.54, 1.807) is 6.07 Å². The van der Waals surface area contributed by atoms with Crippen LogP contribution in [0, 0.1) is 11.7 Å². The Morgan fingerprint density at radius 1 is 0.947 bits per heavy atom. The minimum absolute atomic E-state index is 0.159. The van der Waals surface area contributed by atoms with Crippen LogP contribution in [0.1, 0.15) is 11.1 Å². The lowest BCUT2D eigenvalue weighted by Crippen LogP contribution is -2.11. The molecule has 19 heavy (non-hydrogen) atoms. The molecule has 0 heterocycles. The van der Waals surface area contributed by atoms with Crippen LogP contribution in [0.15, 0.2) is 48.5 Å². The standard InChI is InChI=1S/C16H15Cl2F/c17-11-13(9-12-5-7-15(18)8-6-12)10-14-3-1-2-4-16(14)19/h1-8,13H,9-11H2. The highest BCUT2D eigenvalue weighted by molar-refractivity contribution is 6.30. The molecule has 100 valence electrons. The van der Waals surface area contributed by atoms with E-state index in [1.165, 1.54) is 11.6 Å². The molecule has 2 aromatic carbocycles. The number of halogens is 3. The largest absolute Gasteiger partial charge is 0.207 e. The predicted octanol–water partition coefficient (Wildman–Crippen LogP) is 5.12. The highest BCUT2D eigenvalue weighted by atomic mass is 35.5. The first-order chi connectivity index (χ1) is 9.19. The molecule has 3 heteroatoms. The van der Waals surface area contributed by atoms with Gasteiger partial charge < -0.3 is 0 Å². The van der Waals surface area contributed by atoms with Crippen LogP contribution in [0.4, 0.5) is 4.39 Å². The Morgan fingerprint density at radius 2 is 1.63 bits per heavy atom. The minimum Gasteiger partial charge on any atom is -0.207 e. The molecule has 1 atom stereocenters. The van der Waals surface area contributed by atoms with Crippen LogP contribution < -0.4 is 0 Å². The number of benzene rings is 2. The Morgan fingerprint density at radius 3 is 2.26 bits per heavy atom. The average Bonchev–Trinajstić information content (AvgIpc) is 2.43. The molecule has 0 aliphatic rings. The highest BCUT2D eigenvalue weighted by Crippen LogP contribution is 2.19. The summed E-state index contributed by atoms with van der Waals surface area (Å²) < 4.78 is 13.6. The molecular weight excluding hydrogens is 282 g/mol. The molecule has 0 aliphatic heterocycles. The summed E-state index contributed by atoms with van der Waals surface area (Å²) in [5, 5.41) is 0.722. The zero-order chi connectivity index (χ0) is 13.7. The lowest BCUT2D eigenvalue weighted by atomic mass is 9.94. The molecule has 2 rings (SSSR count). The fraction of sp³-hybridized carbons (Fsp3) is 0.250. The fourth-order valence-electron chi connectivity index (χ4n) is 2.11. The van der Waals surface area contributed by atoms with Crippen molar-refractivity contribution in [1.82, 2.24) is 0 Å². The smallest absolute Gasteiger partial charge is 0.126 e. The van der Waals surface area contributed by atoms with E-state index in [2.05, 4.69) is 0 Å². The van der Waals surface area contributed by atoms with Gasteiger partial charge in [-0.3, -0.25) is 0 Å². The first kappa shape index (κ1) is 14.4. The lowest BCUT2D eigenvalue weighted by Gasteiger charge is -2.14. The second-order valence-corrected chi connectivity index (χ2v) is 5.39. The summed E-state index contributed by atoms with van der Waals surface area (Å²) in [5.74, 6) is 0.574. The van der Waals surface area contributed by atoms with Gasteiger partial charge in [-0.25, -0.2) is 4.39 Å². The van der Waals surface area contributed by atoms with Crippen molar-refractivity contribution in [2.24, 2.45) is 5.92 Å². The summed E-state index contributed by atoms with van der Waals surface area (Å²) in [4.78, 5) is 0. The normalized spacial score (nSPS) is 12.4. The molecule has 1 unspecified atom stereocenters. The van der Waals surface area contributed by atoms with E-state index in [9.17, 15) is 4.39 Å². The highest BCUT2D eigenvalue weighted by Gasteiger charge is 2.12. The molecule has 0 nitrogen and oxygen atoms in total. The topological polar surface area (TPSA) is 0 Å². The summed E-state index contributed by atoms with van der Waals surface area (Å²) >= 11 is 11.9. The first-order valence-electron chi connectivity index (χ1n) is 6.23. The van der Waals surface area contributed by atoms with Gasteiger partial charge in [0.05, 0.1) is 0 Å². The van der Waals surface area contributed by atoms with Gasteiger partial charge in [0, 0.05) is 10.9 Å². The Bertz CT molecular complexity index is 523. The van der Waals surface area contributed by atoms with Gasteiger partial charge in [0.1, 0.15) is 5.82 Å². The van der Waals surface area contributed by atoms with Crippen molar-refractivity contribution >= 4 is 23.2 Å². The van der Waals surface area contributed by atoms with Crippen molar-refractivity contribution < 1.29 is 4.39 Å². The molecule has 0 saturated carbocycles. The molecule has 0 bridgehead atoms. The van der Waals surface area contributed by atoms with Crippen LogP contribution in [0.3, 0.4) is 0 Å². The van der Waals surface area contributed by atoms with Crippen LogP contribution in [-0.2, 0) is 12.8 Å². The van der Waals surface area contributed by atoms with E-state index in [4.69, 9.17) is 23.2 Å². The third-order valence-corrected chi connectivity index (χ3v) is 3.81. The third kappa shape index (κ3) is 4.22. The van der Waals surface area contributed by atoms with Gasteiger partial charge in [-0.05, 0) is 48.1 Å². The number of hydrogen-bond acceptors (Lipinski definition) is 0. The predicted molar refractivity (Wildman–Crippen MR) is 79.5 cm³/mol. The van der Waals surface area contributed by atoms with Crippen molar-refractivity contribution in [3.05, 3.63) is 70.5 Å². The zero-order valence-electron chi connectivity index (χ0n) is 10.5. The van der Waals surface area contributed by atoms with Crippen molar-refractivity contribution in [3.63, 3.8) is 0 Å². The van der Waals surface area contributed by atoms with Crippen molar-refractivity contribution in [2.75, 3.05) is 5.88 Å². The maximum Gasteiger partial charge on any atom is 0.126 e. The zero-order valence-corrected chi connectivity index (χ0v) is 12.0. The van der Waals surface area contributed by atoms with Gasteiger partial charge in [-0.1, -0.05) is 41.9 Å². The molecule has 0 aromatic heterocycles. The van der Waals surface area contributed by atoms with E-state index in [0.717, 1.165) is 17.0 Å². The maximum atomic E-state index is 13.6. The summed E-state index contributed by atoms with van der Waals surface area (Å²) in [6.45, 7) is 0. The Labute approximate surface area is 123 Å². The first-order valence-corrected chi connectivity index (χ1v) is 7.14. The van der Waals surface area contributed by atoms with Gasteiger partial charge >= 0.3 is 0 Å². The average molecular weight is 297 g/mol. The molecule has 0 fully saturated rings. The van der Waals surface area contributed by atoms with E-state index >= 15 is 0 Å². The Balaban J connectivity index is 2.05. The van der Waals surface area contributed by atoms with Gasteiger partial charge in [0.15, 0.2) is 0 Å². The van der Waals surface area contributed by atoms with Crippen LogP contribution in [-0.4, -0.2) is 5.88 Å². The molecule has 0 spiro atoms. The van der Waals surface area contributed by atoms with E-state index in [1.807, 2.05) is 36.4 Å². The molecule has 2 aromatic rings. The van der Waals surface area contributed by atoms with E-state index < -0.39 is 0 Å². The third-order valence-electron chi connectivity index (χ3n) is 3.12. The maximum absolute atomic E-state index is 13.6. The monoisotopic (exact) mass is 296 g/mol. The molecule has 0 radical (unpaired) electrons. The van der Waals surface area contributed by atoms with Gasteiger partial charge in [0.2, 0.25) is 0 Å². The van der Waals surface area contributed by atoms with Gasteiger partial charge in [-0.15, -0.1) is 11.6 Å². The second-order valence-electron chi connectivity index (χ2n) is 4.65. The van der Waals surface area contributed by atoms with Crippen LogP contribution in [0.2, 0.25) is 5.02 Å². The second kappa shape index (κ2) is 6.93. The Hall–Kier alpha value is -1.05. The summed E-state index contributed by atoms with van der Waals surface area (Å²) in [5.41, 5.74) is 1.90. The fourth-order valence-corrected chi connectivity index (χ4v) is 2.45. The number of rotatable bonds is 5. The van der Waals surface area contributed by atoms with Crippen LogP contribution in [0.25, 0.3) is 0 Å². The summed E-state index contributed by atoms with van der Waals surface area (Å²) in [6.07, 6.45) is 1.48. The quantitative estimate of drug-likeness (QED) is 0.672. The molecule has 0 aliphatic carbocycles. The molecule has 0 amide bonds. The van der Waals surface area contributed by atoms with Crippen molar-refractivity contribution in [2.45, 2.75) is 12.8 Å². The summed E-state index contributed by atoms with van der Waals surface area (Å²) in [6, 6.07) is 14.6. The molecule has 0 N–H and O–H groups in total. The van der Waals surface area contributed by atoms with Crippen molar-refractivity contribution in [1.29, 1.82) is 0 Å². The van der Waals surface area contributed by atoms with E-state index in [-0.39, 0.29) is 11.7 Å². The SMILES string of the molecule is Fc1ccccc1CC(CCl)Cc1ccc(Cl)cc1. The van der Waals surface area contributed by atoms with Crippen molar-refractivity contribution in [3.8, 4) is 0 Å². The number of hydrogen-bond donors (Lipinski definition) is 0. The summed E-state index contributed by atoms with van der Waals surface area (Å²) in [7, 11) is 0. The minimum atomic E-state index is -0.159.